The molecule has 108 valence electrons. The van der Waals surface area contributed by atoms with Crippen molar-refractivity contribution in [1.29, 1.82) is 0 Å². The molecule has 0 bridgehead atoms. The number of nitrogens with zero attached hydrogens (tertiary/aromatic N) is 1. The average Bonchev–Trinajstić information content (AvgIpc) is 2.65. The highest BCUT2D eigenvalue weighted by atomic mass is 16.6. The van der Waals surface area contributed by atoms with E-state index in [0.29, 0.717) is 5.92 Å². The van der Waals surface area contributed by atoms with Crippen LogP contribution in [0.4, 0.5) is 4.79 Å². The largest absolute Gasteiger partial charge is 0.444 e. The molecule has 2 aliphatic rings. The molecular formula is C15H25NO3. The summed E-state index contributed by atoms with van der Waals surface area (Å²) in [5, 5.41) is 0. The summed E-state index contributed by atoms with van der Waals surface area (Å²) in [5.74, 6) is 0.565. The highest BCUT2D eigenvalue weighted by Gasteiger charge is 2.47. The minimum Gasteiger partial charge on any atom is -0.444 e. The topological polar surface area (TPSA) is 46.6 Å². The number of ketones is 1. The number of carbonyl (C=O) groups is 2. The molecule has 1 saturated heterocycles. The molecular weight excluding hydrogens is 242 g/mol. The van der Waals surface area contributed by atoms with Crippen LogP contribution < -0.4 is 0 Å². The van der Waals surface area contributed by atoms with Gasteiger partial charge in [0.2, 0.25) is 0 Å². The van der Waals surface area contributed by atoms with Gasteiger partial charge in [0.05, 0.1) is 6.04 Å². The molecule has 2 rings (SSSR count). The minimum absolute atomic E-state index is 0.0836. The van der Waals surface area contributed by atoms with Crippen LogP contribution in [0.1, 0.15) is 59.8 Å². The summed E-state index contributed by atoms with van der Waals surface area (Å²) >= 11 is 0. The van der Waals surface area contributed by atoms with Crippen LogP contribution in [0.25, 0.3) is 0 Å². The van der Waals surface area contributed by atoms with Gasteiger partial charge in [-0.2, -0.15) is 0 Å². The fourth-order valence-corrected chi connectivity index (χ4v) is 3.40. The Morgan fingerprint density at radius 1 is 1.16 bits per heavy atom. The molecule has 0 radical (unpaired) electrons. The van der Waals surface area contributed by atoms with Gasteiger partial charge in [-0.05, 0) is 52.9 Å². The number of ether oxygens (including phenoxy) is 1. The molecule has 0 aromatic carbocycles. The maximum Gasteiger partial charge on any atom is 0.411 e. The van der Waals surface area contributed by atoms with E-state index in [2.05, 4.69) is 0 Å². The van der Waals surface area contributed by atoms with E-state index < -0.39 is 5.60 Å². The molecule has 1 aliphatic carbocycles. The van der Waals surface area contributed by atoms with Crippen LogP contribution in [0.3, 0.4) is 0 Å². The van der Waals surface area contributed by atoms with E-state index in [1.165, 1.54) is 6.42 Å². The Kier molecular flexibility index (Phi) is 3.88. The van der Waals surface area contributed by atoms with Crippen molar-refractivity contribution in [2.75, 3.05) is 0 Å². The fourth-order valence-electron chi connectivity index (χ4n) is 3.40. The second-order valence-corrected chi connectivity index (χ2v) is 6.86. The zero-order valence-electron chi connectivity index (χ0n) is 12.4. The summed E-state index contributed by atoms with van der Waals surface area (Å²) in [6.07, 6.45) is 5.00. The van der Waals surface area contributed by atoms with Gasteiger partial charge in [-0.3, -0.25) is 9.69 Å². The predicted molar refractivity (Wildman–Crippen MR) is 72.9 cm³/mol. The first-order valence-corrected chi connectivity index (χ1v) is 7.31. The quantitative estimate of drug-likeness (QED) is 0.733. The summed E-state index contributed by atoms with van der Waals surface area (Å²) in [4.78, 5) is 25.9. The van der Waals surface area contributed by atoms with E-state index in [1.54, 1.807) is 11.8 Å². The van der Waals surface area contributed by atoms with E-state index in [-0.39, 0.29) is 24.0 Å². The van der Waals surface area contributed by atoms with Gasteiger partial charge >= 0.3 is 6.09 Å². The zero-order chi connectivity index (χ0) is 14.2. The summed E-state index contributed by atoms with van der Waals surface area (Å²) in [7, 11) is 0. The molecule has 2 fully saturated rings. The maximum absolute atomic E-state index is 12.4. The average molecular weight is 267 g/mol. The highest BCUT2D eigenvalue weighted by Crippen LogP contribution is 2.40. The number of fused-ring (bicyclic) bond motifs is 1. The second kappa shape index (κ2) is 5.14. The molecule has 4 heteroatoms. The monoisotopic (exact) mass is 267 g/mol. The Labute approximate surface area is 115 Å². The molecule has 0 N–H and O–H groups in total. The van der Waals surface area contributed by atoms with Gasteiger partial charge in [0.1, 0.15) is 5.60 Å². The molecule has 0 spiro atoms. The smallest absolute Gasteiger partial charge is 0.411 e. The van der Waals surface area contributed by atoms with Gasteiger partial charge in [-0.15, -0.1) is 0 Å². The third-order valence-corrected chi connectivity index (χ3v) is 4.16. The first kappa shape index (κ1) is 14.4. The van der Waals surface area contributed by atoms with E-state index >= 15 is 0 Å². The number of Topliss-reactive ketones (excluding diaryl/α,β-unsaturated/α-hetero) is 1. The van der Waals surface area contributed by atoms with Gasteiger partial charge in [-0.1, -0.05) is 12.8 Å². The van der Waals surface area contributed by atoms with Crippen molar-refractivity contribution in [2.24, 2.45) is 5.92 Å². The zero-order valence-corrected chi connectivity index (χ0v) is 12.4. The first-order valence-electron chi connectivity index (χ1n) is 7.31. The van der Waals surface area contributed by atoms with Crippen LogP contribution in [0, 0.1) is 5.92 Å². The van der Waals surface area contributed by atoms with Gasteiger partial charge in [-0.25, -0.2) is 4.79 Å². The van der Waals surface area contributed by atoms with Crippen molar-refractivity contribution in [2.45, 2.75) is 77.5 Å². The Hall–Kier alpha value is -1.06. The van der Waals surface area contributed by atoms with Crippen LogP contribution >= 0.6 is 0 Å². The SMILES string of the molecule is CC(=O)[C@@H]1CC2CCCCC2N1C(=O)OC(C)(C)C. The minimum atomic E-state index is -0.509. The Morgan fingerprint density at radius 2 is 1.79 bits per heavy atom. The van der Waals surface area contributed by atoms with Gasteiger partial charge in [0, 0.05) is 6.04 Å². The van der Waals surface area contributed by atoms with Crippen LogP contribution in [-0.4, -0.2) is 34.5 Å². The van der Waals surface area contributed by atoms with E-state index in [9.17, 15) is 9.59 Å². The third kappa shape index (κ3) is 3.10. The number of hydrogen-bond donors (Lipinski definition) is 0. The molecule has 1 heterocycles. The van der Waals surface area contributed by atoms with E-state index in [0.717, 1.165) is 25.7 Å². The molecule has 0 aromatic heterocycles. The van der Waals surface area contributed by atoms with Crippen molar-refractivity contribution >= 4 is 11.9 Å². The number of hydrogen-bond acceptors (Lipinski definition) is 3. The molecule has 1 amide bonds. The van der Waals surface area contributed by atoms with Crippen molar-refractivity contribution < 1.29 is 14.3 Å². The normalized spacial score (nSPS) is 30.9. The predicted octanol–water partition coefficient (Wildman–Crippen LogP) is 3.14. The molecule has 1 saturated carbocycles. The maximum atomic E-state index is 12.4. The molecule has 19 heavy (non-hydrogen) atoms. The van der Waals surface area contributed by atoms with Gasteiger partial charge in [0.25, 0.3) is 0 Å². The Bertz CT molecular complexity index is 372. The van der Waals surface area contributed by atoms with E-state index in [4.69, 9.17) is 4.74 Å². The van der Waals surface area contributed by atoms with Crippen molar-refractivity contribution in [3.63, 3.8) is 0 Å². The Balaban J connectivity index is 2.17. The second-order valence-electron chi connectivity index (χ2n) is 6.86. The lowest BCUT2D eigenvalue weighted by atomic mass is 9.84. The van der Waals surface area contributed by atoms with Crippen molar-refractivity contribution in [3.05, 3.63) is 0 Å². The number of amides is 1. The van der Waals surface area contributed by atoms with Crippen LogP contribution in [0.5, 0.6) is 0 Å². The lowest BCUT2D eigenvalue weighted by Crippen LogP contribution is -2.47. The van der Waals surface area contributed by atoms with Gasteiger partial charge in [0.15, 0.2) is 5.78 Å². The Morgan fingerprint density at radius 3 is 2.37 bits per heavy atom. The van der Waals surface area contributed by atoms with E-state index in [1.807, 2.05) is 20.8 Å². The summed E-state index contributed by atoms with van der Waals surface area (Å²) < 4.78 is 5.49. The lowest BCUT2D eigenvalue weighted by Gasteiger charge is -2.34. The summed E-state index contributed by atoms with van der Waals surface area (Å²) in [5.41, 5.74) is -0.509. The summed E-state index contributed by atoms with van der Waals surface area (Å²) in [6.45, 7) is 7.17. The van der Waals surface area contributed by atoms with Crippen LogP contribution in [-0.2, 0) is 9.53 Å². The number of carbonyl (C=O) groups excluding carboxylic acids is 2. The molecule has 3 atom stereocenters. The molecule has 2 unspecified atom stereocenters. The molecule has 0 aromatic rings. The molecule has 1 aliphatic heterocycles. The van der Waals surface area contributed by atoms with Crippen LogP contribution in [0.15, 0.2) is 0 Å². The lowest BCUT2D eigenvalue weighted by molar-refractivity contribution is -0.121. The number of rotatable bonds is 1. The third-order valence-electron chi connectivity index (χ3n) is 4.16. The number of likely N-dealkylation sites (tertiary alicyclic amines) is 1. The molecule has 4 nitrogen and oxygen atoms in total. The van der Waals surface area contributed by atoms with Crippen LogP contribution in [0.2, 0.25) is 0 Å². The van der Waals surface area contributed by atoms with Gasteiger partial charge < -0.3 is 4.74 Å². The van der Waals surface area contributed by atoms with Crippen molar-refractivity contribution in [3.8, 4) is 0 Å². The van der Waals surface area contributed by atoms with Crippen molar-refractivity contribution in [1.82, 2.24) is 4.90 Å². The standard InChI is InChI=1S/C15H25NO3/c1-10(17)13-9-11-7-5-6-8-12(11)16(13)14(18)19-15(2,3)4/h11-13H,5-9H2,1-4H3/t11?,12?,13-/m0/s1. The first-order chi connectivity index (χ1) is 8.79. The highest BCUT2D eigenvalue weighted by molar-refractivity contribution is 5.86. The summed E-state index contributed by atoms with van der Waals surface area (Å²) in [6, 6.07) is -0.0690. The fraction of sp³-hybridized carbons (Fsp3) is 0.867.